The lowest BCUT2D eigenvalue weighted by Crippen LogP contribution is -2.35. The van der Waals surface area contributed by atoms with E-state index in [9.17, 15) is 9.59 Å². The fraction of sp³-hybridized carbons (Fsp3) is 0.182. The van der Waals surface area contributed by atoms with Gasteiger partial charge in [-0.3, -0.25) is 9.59 Å². The number of halogens is 1. The molecule has 2 aliphatic heterocycles. The Hall–Kier alpha value is -2.87. The molecule has 1 fully saturated rings. The molecule has 2 aliphatic rings. The smallest absolute Gasteiger partial charge is 0.251 e. The predicted molar refractivity (Wildman–Crippen MR) is 119 cm³/mol. The van der Waals surface area contributed by atoms with Crippen molar-refractivity contribution in [2.75, 3.05) is 16.9 Å². The number of fused-ring (bicyclic) bond motifs is 3. The van der Waals surface area contributed by atoms with Gasteiger partial charge in [-0.2, -0.15) is 0 Å². The summed E-state index contributed by atoms with van der Waals surface area (Å²) in [5, 5.41) is 10.5. The lowest BCUT2D eigenvalue weighted by atomic mass is 9.88. The lowest BCUT2D eigenvalue weighted by Gasteiger charge is -2.27. The number of thiophene rings is 1. The van der Waals surface area contributed by atoms with Crippen molar-refractivity contribution in [1.82, 2.24) is 10.7 Å². The highest BCUT2D eigenvalue weighted by Gasteiger charge is 2.44. The van der Waals surface area contributed by atoms with Gasteiger partial charge < -0.3 is 10.6 Å². The Morgan fingerprint density at radius 2 is 2.03 bits per heavy atom. The van der Waals surface area contributed by atoms with Crippen molar-refractivity contribution >= 4 is 46.1 Å². The van der Waals surface area contributed by atoms with Crippen molar-refractivity contribution in [2.45, 2.75) is 12.6 Å². The number of carbonyl (C=O) groups is 2. The molecule has 2 atom stereocenters. The normalized spacial score (nSPS) is 19.8. The molecule has 8 heteroatoms. The van der Waals surface area contributed by atoms with Crippen molar-refractivity contribution in [1.29, 1.82) is 0 Å². The van der Waals surface area contributed by atoms with Crippen LogP contribution in [0.25, 0.3) is 0 Å². The van der Waals surface area contributed by atoms with Crippen LogP contribution in [0.1, 0.15) is 26.8 Å². The quantitative estimate of drug-likeness (QED) is 0.576. The first-order valence-electron chi connectivity index (χ1n) is 9.64. The van der Waals surface area contributed by atoms with E-state index in [0.717, 1.165) is 21.8 Å². The van der Waals surface area contributed by atoms with E-state index in [1.807, 2.05) is 47.8 Å². The summed E-state index contributed by atoms with van der Waals surface area (Å²) in [6.07, 6.45) is 0. The topological polar surface area (TPSA) is 73.5 Å². The average molecular weight is 439 g/mol. The molecule has 152 valence electrons. The summed E-state index contributed by atoms with van der Waals surface area (Å²) in [6, 6.07) is 16.5. The van der Waals surface area contributed by atoms with Gasteiger partial charge in [-0.1, -0.05) is 17.7 Å². The minimum atomic E-state index is -0.252. The van der Waals surface area contributed by atoms with E-state index in [-0.39, 0.29) is 23.8 Å². The van der Waals surface area contributed by atoms with Gasteiger partial charge in [-0.15, -0.1) is 11.3 Å². The molecule has 0 spiro atoms. The van der Waals surface area contributed by atoms with Crippen LogP contribution in [0.2, 0.25) is 5.02 Å². The molecule has 0 radical (unpaired) electrons. The Balaban J connectivity index is 1.39. The summed E-state index contributed by atoms with van der Waals surface area (Å²) in [6.45, 7) is 1.04. The molecule has 1 saturated heterocycles. The summed E-state index contributed by atoms with van der Waals surface area (Å²) in [5.41, 5.74) is 6.49. The number of benzene rings is 2. The first-order chi connectivity index (χ1) is 14.6. The first kappa shape index (κ1) is 19.1. The van der Waals surface area contributed by atoms with Crippen LogP contribution in [-0.4, -0.2) is 18.4 Å². The molecule has 2 amide bonds. The zero-order chi connectivity index (χ0) is 20.7. The van der Waals surface area contributed by atoms with Gasteiger partial charge in [0.1, 0.15) is 0 Å². The number of nitrogens with zero attached hydrogens (tertiary/aromatic N) is 1. The van der Waals surface area contributed by atoms with Crippen LogP contribution in [0.4, 0.5) is 11.4 Å². The number of nitrogens with one attached hydrogen (secondary N) is 3. The summed E-state index contributed by atoms with van der Waals surface area (Å²) < 4.78 is 0. The van der Waals surface area contributed by atoms with Gasteiger partial charge in [-0.05, 0) is 59.5 Å². The number of carbonyl (C=O) groups excluding carboxylic acids is 2. The van der Waals surface area contributed by atoms with Crippen molar-refractivity contribution in [2.24, 2.45) is 5.92 Å². The highest BCUT2D eigenvalue weighted by Crippen LogP contribution is 2.40. The SMILES string of the molecule is O=C(NCc1cccs1)c1ccc2c(c1)C1NN(c3ccc(Cl)cc3)C(=O)C1CN2. The van der Waals surface area contributed by atoms with Crippen molar-refractivity contribution in [3.05, 3.63) is 81.0 Å². The molecule has 2 aromatic carbocycles. The number of hydrogen-bond acceptors (Lipinski definition) is 5. The number of anilines is 2. The van der Waals surface area contributed by atoms with Crippen LogP contribution in [0, 0.1) is 5.92 Å². The second-order valence-corrected chi connectivity index (χ2v) is 8.78. The lowest BCUT2D eigenvalue weighted by molar-refractivity contribution is -0.120. The molecule has 30 heavy (non-hydrogen) atoms. The van der Waals surface area contributed by atoms with E-state index in [2.05, 4.69) is 16.1 Å². The zero-order valence-corrected chi connectivity index (χ0v) is 17.5. The van der Waals surface area contributed by atoms with Crippen LogP contribution in [0.5, 0.6) is 0 Å². The maximum atomic E-state index is 13.0. The van der Waals surface area contributed by atoms with Crippen LogP contribution < -0.4 is 21.1 Å². The van der Waals surface area contributed by atoms with Crippen LogP contribution >= 0.6 is 22.9 Å². The number of amides is 2. The molecule has 3 heterocycles. The van der Waals surface area contributed by atoms with Gasteiger partial charge in [0, 0.05) is 27.7 Å². The van der Waals surface area contributed by atoms with Crippen LogP contribution in [-0.2, 0) is 11.3 Å². The largest absolute Gasteiger partial charge is 0.384 e. The van der Waals surface area contributed by atoms with E-state index in [0.29, 0.717) is 23.7 Å². The van der Waals surface area contributed by atoms with Gasteiger partial charge in [0.15, 0.2) is 0 Å². The predicted octanol–water partition coefficient (Wildman–Crippen LogP) is 3.97. The summed E-state index contributed by atoms with van der Waals surface area (Å²) in [4.78, 5) is 26.8. The maximum Gasteiger partial charge on any atom is 0.251 e. The minimum Gasteiger partial charge on any atom is -0.384 e. The fourth-order valence-corrected chi connectivity index (χ4v) is 4.68. The average Bonchev–Trinajstić information content (AvgIpc) is 3.40. The molecule has 3 N–H and O–H groups in total. The molecule has 0 bridgehead atoms. The van der Waals surface area contributed by atoms with Gasteiger partial charge in [0.25, 0.3) is 5.91 Å². The van der Waals surface area contributed by atoms with Crippen molar-refractivity contribution in [3.63, 3.8) is 0 Å². The summed E-state index contributed by atoms with van der Waals surface area (Å²) in [5.74, 6) is -0.391. The van der Waals surface area contributed by atoms with Crippen molar-refractivity contribution in [3.8, 4) is 0 Å². The first-order valence-corrected chi connectivity index (χ1v) is 10.9. The molecular formula is C22H19ClN4O2S. The van der Waals surface area contributed by atoms with Crippen molar-refractivity contribution < 1.29 is 9.59 Å². The van der Waals surface area contributed by atoms with Gasteiger partial charge in [0.05, 0.1) is 24.2 Å². The second kappa shape index (κ2) is 7.75. The van der Waals surface area contributed by atoms with Crippen LogP contribution in [0.3, 0.4) is 0 Å². The molecule has 1 aromatic heterocycles. The monoisotopic (exact) mass is 438 g/mol. The zero-order valence-electron chi connectivity index (χ0n) is 15.9. The Bertz CT molecular complexity index is 1100. The molecule has 5 rings (SSSR count). The number of hydrazine groups is 1. The van der Waals surface area contributed by atoms with Gasteiger partial charge >= 0.3 is 0 Å². The third-order valence-electron chi connectivity index (χ3n) is 5.46. The molecule has 0 aliphatic carbocycles. The molecule has 3 aromatic rings. The van der Waals surface area contributed by atoms with Gasteiger partial charge in [-0.25, -0.2) is 10.4 Å². The van der Waals surface area contributed by atoms with E-state index >= 15 is 0 Å². The second-order valence-electron chi connectivity index (χ2n) is 7.31. The van der Waals surface area contributed by atoms with E-state index in [4.69, 9.17) is 11.6 Å². The molecular weight excluding hydrogens is 420 g/mol. The Morgan fingerprint density at radius 1 is 1.20 bits per heavy atom. The number of rotatable bonds is 4. The van der Waals surface area contributed by atoms with E-state index in [1.54, 1.807) is 28.5 Å². The summed E-state index contributed by atoms with van der Waals surface area (Å²) >= 11 is 7.59. The number of hydrogen-bond donors (Lipinski definition) is 3. The maximum absolute atomic E-state index is 13.0. The highest BCUT2D eigenvalue weighted by atomic mass is 35.5. The fourth-order valence-electron chi connectivity index (χ4n) is 3.91. The standard InChI is InChI=1S/C22H19ClN4O2S/c23-14-4-6-15(7-5-14)27-22(29)18-12-24-19-8-3-13(10-17(19)20(18)26-27)21(28)25-11-16-2-1-9-30-16/h1-10,18,20,24,26H,11-12H2,(H,25,28). The third-order valence-corrected chi connectivity index (χ3v) is 6.59. The Kier molecular flexibility index (Phi) is 4.94. The minimum absolute atomic E-state index is 0.00646. The van der Waals surface area contributed by atoms with Gasteiger partial charge in [0.2, 0.25) is 5.91 Å². The Morgan fingerprint density at radius 3 is 2.80 bits per heavy atom. The molecule has 6 nitrogen and oxygen atoms in total. The van der Waals surface area contributed by atoms with E-state index in [1.165, 1.54) is 0 Å². The highest BCUT2D eigenvalue weighted by molar-refractivity contribution is 7.09. The summed E-state index contributed by atoms with van der Waals surface area (Å²) in [7, 11) is 0. The third kappa shape index (κ3) is 3.45. The van der Waals surface area contributed by atoms with E-state index < -0.39 is 0 Å². The van der Waals surface area contributed by atoms with Crippen LogP contribution in [0.15, 0.2) is 60.0 Å². The molecule has 2 unspecified atom stereocenters. The Labute approximate surface area is 182 Å². The molecule has 0 saturated carbocycles.